The fourth-order valence-corrected chi connectivity index (χ4v) is 3.56. The summed E-state index contributed by atoms with van der Waals surface area (Å²) in [6.07, 6.45) is 2.54. The summed E-state index contributed by atoms with van der Waals surface area (Å²) < 4.78 is 1.13. The summed E-state index contributed by atoms with van der Waals surface area (Å²) in [5.74, 6) is 0.810. The zero-order valence-electron chi connectivity index (χ0n) is 14.8. The van der Waals surface area contributed by atoms with Gasteiger partial charge in [-0.15, -0.1) is 0 Å². The van der Waals surface area contributed by atoms with Crippen molar-refractivity contribution < 1.29 is 4.79 Å². The number of piperidine rings is 1. The summed E-state index contributed by atoms with van der Waals surface area (Å²) in [6.45, 7) is 6.64. The molecule has 1 N–H and O–H groups in total. The van der Waals surface area contributed by atoms with Crippen LogP contribution in [0.3, 0.4) is 0 Å². The summed E-state index contributed by atoms with van der Waals surface area (Å²) in [6, 6.07) is 16.2. The molecule has 25 heavy (non-hydrogen) atoms. The second-order valence-corrected chi connectivity index (χ2v) is 8.21. The smallest absolute Gasteiger partial charge is 0.251 e. The van der Waals surface area contributed by atoms with Crippen molar-refractivity contribution in [2.45, 2.75) is 32.7 Å². The van der Waals surface area contributed by atoms with E-state index in [1.165, 1.54) is 18.5 Å². The molecule has 0 saturated carbocycles. The molecule has 1 aliphatic rings. The Morgan fingerprint density at radius 2 is 1.68 bits per heavy atom. The van der Waals surface area contributed by atoms with E-state index in [0.717, 1.165) is 28.1 Å². The molecular formula is C21H25IN2O. The van der Waals surface area contributed by atoms with Gasteiger partial charge in [0.1, 0.15) is 0 Å². The monoisotopic (exact) mass is 448 g/mol. The van der Waals surface area contributed by atoms with Crippen LogP contribution in [0.15, 0.2) is 48.5 Å². The molecule has 1 unspecified atom stereocenters. The molecule has 0 radical (unpaired) electrons. The first-order valence-electron chi connectivity index (χ1n) is 8.94. The fourth-order valence-electron chi connectivity index (χ4n) is 3.21. The number of carbonyl (C=O) groups excluding carboxylic acids is 1. The van der Waals surface area contributed by atoms with E-state index >= 15 is 0 Å². The van der Waals surface area contributed by atoms with Gasteiger partial charge in [-0.25, -0.2) is 0 Å². The zero-order chi connectivity index (χ0) is 17.8. The van der Waals surface area contributed by atoms with Gasteiger partial charge in [0, 0.05) is 27.9 Å². The molecule has 0 bridgehead atoms. The first kappa shape index (κ1) is 18.2. The summed E-state index contributed by atoms with van der Waals surface area (Å²) in [4.78, 5) is 14.8. The number of benzene rings is 2. The van der Waals surface area contributed by atoms with Crippen molar-refractivity contribution in [2.24, 2.45) is 5.92 Å². The van der Waals surface area contributed by atoms with Crippen LogP contribution < -0.4 is 10.2 Å². The average Bonchev–Trinajstić information content (AvgIpc) is 2.63. The summed E-state index contributed by atoms with van der Waals surface area (Å²) in [5, 5.41) is 3.08. The van der Waals surface area contributed by atoms with Crippen LogP contribution in [0.5, 0.6) is 0 Å². The minimum Gasteiger partial charge on any atom is -0.372 e. The Morgan fingerprint density at radius 1 is 1.08 bits per heavy atom. The molecule has 1 atom stereocenters. The van der Waals surface area contributed by atoms with E-state index in [1.54, 1.807) is 0 Å². The molecule has 1 saturated heterocycles. The van der Waals surface area contributed by atoms with Crippen molar-refractivity contribution in [3.8, 4) is 0 Å². The Labute approximate surface area is 164 Å². The standard InChI is InChI=1S/C21H25IN2O/c1-15-11-13-24(14-12-15)20-9-5-17(6-10-20)16(2)23-21(25)18-3-7-19(22)8-4-18/h3-10,15-16H,11-14H2,1-2H3,(H,23,25). The first-order valence-corrected chi connectivity index (χ1v) is 10.0. The van der Waals surface area contributed by atoms with Crippen LogP contribution in [0.1, 0.15) is 48.7 Å². The van der Waals surface area contributed by atoms with E-state index in [9.17, 15) is 4.79 Å². The number of nitrogens with one attached hydrogen (secondary N) is 1. The molecule has 0 spiro atoms. The van der Waals surface area contributed by atoms with Crippen LogP contribution in [0.2, 0.25) is 0 Å². The van der Waals surface area contributed by atoms with Gasteiger partial charge in [-0.1, -0.05) is 19.1 Å². The van der Waals surface area contributed by atoms with Gasteiger partial charge in [-0.2, -0.15) is 0 Å². The lowest BCUT2D eigenvalue weighted by Gasteiger charge is -2.32. The highest BCUT2D eigenvalue weighted by molar-refractivity contribution is 14.1. The van der Waals surface area contributed by atoms with Crippen LogP contribution in [-0.4, -0.2) is 19.0 Å². The quantitative estimate of drug-likeness (QED) is 0.667. The predicted molar refractivity (Wildman–Crippen MR) is 112 cm³/mol. The highest BCUT2D eigenvalue weighted by Crippen LogP contribution is 2.24. The molecule has 0 aliphatic carbocycles. The normalized spacial score (nSPS) is 16.5. The topological polar surface area (TPSA) is 32.3 Å². The van der Waals surface area contributed by atoms with Crippen molar-refractivity contribution in [3.63, 3.8) is 0 Å². The van der Waals surface area contributed by atoms with E-state index < -0.39 is 0 Å². The van der Waals surface area contributed by atoms with E-state index in [2.05, 4.69) is 64.0 Å². The Kier molecular flexibility index (Phi) is 5.99. The maximum absolute atomic E-state index is 12.4. The lowest BCUT2D eigenvalue weighted by molar-refractivity contribution is 0.0940. The van der Waals surface area contributed by atoms with Gasteiger partial charge in [0.2, 0.25) is 0 Å². The molecule has 2 aromatic rings. The van der Waals surface area contributed by atoms with E-state index in [4.69, 9.17) is 0 Å². The summed E-state index contributed by atoms with van der Waals surface area (Å²) in [7, 11) is 0. The number of nitrogens with zero attached hydrogens (tertiary/aromatic N) is 1. The van der Waals surface area contributed by atoms with Crippen LogP contribution in [0.25, 0.3) is 0 Å². The molecule has 0 aromatic heterocycles. The third-order valence-electron chi connectivity index (χ3n) is 5.00. The number of anilines is 1. The van der Waals surface area contributed by atoms with E-state index in [1.807, 2.05) is 31.2 Å². The van der Waals surface area contributed by atoms with Crippen molar-refractivity contribution in [1.29, 1.82) is 0 Å². The fraction of sp³-hybridized carbons (Fsp3) is 0.381. The predicted octanol–water partition coefficient (Wildman–Crippen LogP) is 5.02. The van der Waals surface area contributed by atoms with Gasteiger partial charge < -0.3 is 10.2 Å². The van der Waals surface area contributed by atoms with Crippen LogP contribution in [0.4, 0.5) is 5.69 Å². The molecule has 1 amide bonds. The van der Waals surface area contributed by atoms with Crippen LogP contribution in [-0.2, 0) is 0 Å². The number of rotatable bonds is 4. The molecule has 2 aromatic carbocycles. The maximum Gasteiger partial charge on any atom is 0.251 e. The van der Waals surface area contributed by atoms with Gasteiger partial charge in [-0.3, -0.25) is 4.79 Å². The maximum atomic E-state index is 12.4. The molecular weight excluding hydrogens is 423 g/mol. The molecule has 1 fully saturated rings. The number of carbonyl (C=O) groups is 1. The van der Waals surface area contributed by atoms with E-state index in [0.29, 0.717) is 5.56 Å². The van der Waals surface area contributed by atoms with Crippen molar-refractivity contribution >= 4 is 34.2 Å². The Hall–Kier alpha value is -1.56. The van der Waals surface area contributed by atoms with Crippen LogP contribution in [0, 0.1) is 9.49 Å². The Balaban J connectivity index is 1.61. The minimum atomic E-state index is -0.0296. The third-order valence-corrected chi connectivity index (χ3v) is 5.72. The number of halogens is 1. The van der Waals surface area contributed by atoms with E-state index in [-0.39, 0.29) is 11.9 Å². The van der Waals surface area contributed by atoms with Crippen molar-refractivity contribution in [2.75, 3.05) is 18.0 Å². The first-order chi connectivity index (χ1) is 12.0. The van der Waals surface area contributed by atoms with Crippen LogP contribution >= 0.6 is 22.6 Å². The second kappa shape index (κ2) is 8.21. The number of hydrogen-bond acceptors (Lipinski definition) is 2. The van der Waals surface area contributed by atoms with Gasteiger partial charge >= 0.3 is 0 Å². The summed E-state index contributed by atoms with van der Waals surface area (Å²) in [5.41, 5.74) is 3.12. The average molecular weight is 448 g/mol. The zero-order valence-corrected chi connectivity index (χ0v) is 17.0. The minimum absolute atomic E-state index is 0.0118. The second-order valence-electron chi connectivity index (χ2n) is 6.96. The largest absolute Gasteiger partial charge is 0.372 e. The van der Waals surface area contributed by atoms with Crippen molar-refractivity contribution in [1.82, 2.24) is 5.32 Å². The molecule has 3 rings (SSSR count). The third kappa shape index (κ3) is 4.75. The molecule has 3 nitrogen and oxygen atoms in total. The molecule has 1 aliphatic heterocycles. The SMILES string of the molecule is CC1CCN(c2ccc(C(C)NC(=O)c3ccc(I)cc3)cc2)CC1. The van der Waals surface area contributed by atoms with Crippen molar-refractivity contribution in [3.05, 3.63) is 63.2 Å². The van der Waals surface area contributed by atoms with Gasteiger partial charge in [-0.05, 0) is 90.2 Å². The highest BCUT2D eigenvalue weighted by Gasteiger charge is 2.16. The van der Waals surface area contributed by atoms with Gasteiger partial charge in [0.25, 0.3) is 5.91 Å². The van der Waals surface area contributed by atoms with Gasteiger partial charge in [0.15, 0.2) is 0 Å². The summed E-state index contributed by atoms with van der Waals surface area (Å²) >= 11 is 2.24. The molecule has 132 valence electrons. The number of hydrogen-bond donors (Lipinski definition) is 1. The van der Waals surface area contributed by atoms with Gasteiger partial charge in [0.05, 0.1) is 6.04 Å². The Morgan fingerprint density at radius 3 is 2.28 bits per heavy atom. The number of amides is 1. The highest BCUT2D eigenvalue weighted by atomic mass is 127. The molecule has 4 heteroatoms. The lowest BCUT2D eigenvalue weighted by Crippen LogP contribution is -2.32. The Bertz CT molecular complexity index is 704. The lowest BCUT2D eigenvalue weighted by atomic mass is 9.98. The molecule has 1 heterocycles.